The lowest BCUT2D eigenvalue weighted by Gasteiger charge is -2.20. The van der Waals surface area contributed by atoms with Crippen LogP contribution >= 0.6 is 24.0 Å². The van der Waals surface area contributed by atoms with E-state index in [-0.39, 0.29) is 23.9 Å². The van der Waals surface area contributed by atoms with Gasteiger partial charge in [0.05, 0.1) is 16.2 Å². The average Bonchev–Trinajstić information content (AvgIpc) is 2.50. The summed E-state index contributed by atoms with van der Waals surface area (Å²) in [6.45, 7) is 1.83. The van der Waals surface area contributed by atoms with Gasteiger partial charge < -0.3 is 10.3 Å². The van der Waals surface area contributed by atoms with Gasteiger partial charge in [0, 0.05) is 24.0 Å². The number of hydrogen-bond acceptors (Lipinski definition) is 2. The molecule has 0 saturated carbocycles. The maximum Gasteiger partial charge on any atom is 0.194 e. The Morgan fingerprint density at radius 1 is 1.09 bits per heavy atom. The van der Waals surface area contributed by atoms with Gasteiger partial charge in [-0.3, -0.25) is 4.79 Å². The van der Waals surface area contributed by atoms with Crippen molar-refractivity contribution in [3.05, 3.63) is 69.3 Å². The molecule has 5 heteroatoms. The minimum atomic E-state index is -0.364. The van der Waals surface area contributed by atoms with Gasteiger partial charge in [0.25, 0.3) is 0 Å². The highest BCUT2D eigenvalue weighted by molar-refractivity contribution is 6.35. The summed E-state index contributed by atoms with van der Waals surface area (Å²) in [5, 5.41) is 1.16. The zero-order chi connectivity index (χ0) is 15.9. The Labute approximate surface area is 146 Å². The summed E-state index contributed by atoms with van der Waals surface area (Å²) in [5.41, 5.74) is 9.18. The van der Waals surface area contributed by atoms with Crippen LogP contribution in [0.1, 0.15) is 18.5 Å². The van der Waals surface area contributed by atoms with Crippen LogP contribution in [0.5, 0.6) is 0 Å². The molecule has 2 aromatic carbocycles. The zero-order valence-corrected chi connectivity index (χ0v) is 14.5. The highest BCUT2D eigenvalue weighted by atomic mass is 35.5. The van der Waals surface area contributed by atoms with Gasteiger partial charge in [0.2, 0.25) is 0 Å². The molecule has 2 N–H and O–H groups in total. The van der Waals surface area contributed by atoms with E-state index in [1.807, 2.05) is 48.9 Å². The van der Waals surface area contributed by atoms with Gasteiger partial charge in [-0.05, 0) is 24.6 Å². The molecule has 3 aromatic rings. The van der Waals surface area contributed by atoms with Crippen molar-refractivity contribution < 1.29 is 0 Å². The first kappa shape index (κ1) is 17.5. The minimum Gasteiger partial charge on any atom is -0.342 e. The van der Waals surface area contributed by atoms with Gasteiger partial charge in [0.1, 0.15) is 0 Å². The second-order valence-electron chi connectivity index (χ2n) is 5.44. The zero-order valence-electron chi connectivity index (χ0n) is 12.9. The number of rotatable bonds is 2. The van der Waals surface area contributed by atoms with Crippen molar-refractivity contribution in [1.82, 2.24) is 4.57 Å². The molecule has 1 unspecified atom stereocenters. The second-order valence-corrected chi connectivity index (χ2v) is 5.85. The standard InChI is InChI=1S/C18H17ClN2O.ClH/c1-11(20)15-16(12-7-4-3-5-8-12)21(2)17-13(18(15)22)9-6-10-14(17)19;/h3-11H,20H2,1-2H3;1H. The Morgan fingerprint density at radius 2 is 1.74 bits per heavy atom. The van der Waals surface area contributed by atoms with Crippen LogP contribution in [0.15, 0.2) is 53.3 Å². The first-order chi connectivity index (χ1) is 10.5. The topological polar surface area (TPSA) is 48.0 Å². The molecular weight excluding hydrogens is 331 g/mol. The Morgan fingerprint density at radius 3 is 2.35 bits per heavy atom. The largest absolute Gasteiger partial charge is 0.342 e. The molecule has 0 aliphatic heterocycles. The van der Waals surface area contributed by atoms with Crippen molar-refractivity contribution in [2.75, 3.05) is 0 Å². The Kier molecular flexibility index (Phi) is 5.15. The predicted molar refractivity (Wildman–Crippen MR) is 99.5 cm³/mol. The molecule has 0 amide bonds. The minimum absolute atomic E-state index is 0. The monoisotopic (exact) mass is 348 g/mol. The van der Waals surface area contributed by atoms with Crippen molar-refractivity contribution in [2.45, 2.75) is 13.0 Å². The lowest BCUT2D eigenvalue weighted by Crippen LogP contribution is -2.23. The summed E-state index contributed by atoms with van der Waals surface area (Å²) in [6.07, 6.45) is 0. The number of nitrogens with zero attached hydrogens (tertiary/aromatic N) is 1. The molecule has 120 valence electrons. The molecule has 0 fully saturated rings. The third-order valence-corrected chi connectivity index (χ3v) is 4.21. The molecule has 1 heterocycles. The number of para-hydroxylation sites is 1. The first-order valence-electron chi connectivity index (χ1n) is 7.14. The number of pyridine rings is 1. The van der Waals surface area contributed by atoms with Crippen LogP contribution in [-0.2, 0) is 7.05 Å². The third-order valence-electron chi connectivity index (χ3n) is 3.90. The van der Waals surface area contributed by atoms with Gasteiger partial charge in [-0.15, -0.1) is 12.4 Å². The summed E-state index contributed by atoms with van der Waals surface area (Å²) >= 11 is 6.33. The van der Waals surface area contributed by atoms with Gasteiger partial charge in [0.15, 0.2) is 5.43 Å². The highest BCUT2D eigenvalue weighted by Gasteiger charge is 2.20. The van der Waals surface area contributed by atoms with Crippen LogP contribution in [0.3, 0.4) is 0 Å². The molecule has 0 saturated heterocycles. The number of aryl methyl sites for hydroxylation is 1. The second kappa shape index (κ2) is 6.75. The molecule has 3 nitrogen and oxygen atoms in total. The fourth-order valence-electron chi connectivity index (χ4n) is 2.95. The van der Waals surface area contributed by atoms with E-state index in [2.05, 4.69) is 0 Å². The average molecular weight is 349 g/mol. The fourth-order valence-corrected chi connectivity index (χ4v) is 3.25. The van der Waals surface area contributed by atoms with Gasteiger partial charge >= 0.3 is 0 Å². The van der Waals surface area contributed by atoms with Crippen LogP contribution in [0.2, 0.25) is 5.02 Å². The SMILES string of the molecule is CC(N)c1c(-c2ccccc2)n(C)c2c(Cl)cccc2c1=O.Cl. The van der Waals surface area contributed by atoms with Gasteiger partial charge in [-0.2, -0.15) is 0 Å². The van der Waals surface area contributed by atoms with Crippen molar-refractivity contribution in [1.29, 1.82) is 0 Å². The highest BCUT2D eigenvalue weighted by Crippen LogP contribution is 2.30. The van der Waals surface area contributed by atoms with E-state index in [1.54, 1.807) is 18.2 Å². The molecule has 1 aromatic heterocycles. The molecule has 0 aliphatic rings. The van der Waals surface area contributed by atoms with E-state index in [9.17, 15) is 4.79 Å². The van der Waals surface area contributed by atoms with E-state index in [1.165, 1.54) is 0 Å². The van der Waals surface area contributed by atoms with Crippen molar-refractivity contribution in [2.24, 2.45) is 12.8 Å². The number of hydrogen-bond donors (Lipinski definition) is 1. The summed E-state index contributed by atoms with van der Waals surface area (Å²) in [6, 6.07) is 14.8. The molecule has 0 radical (unpaired) electrons. The Bertz CT molecular complexity index is 902. The molecule has 1 atom stereocenters. The Hall–Kier alpha value is -1.81. The van der Waals surface area contributed by atoms with E-state index >= 15 is 0 Å². The number of fused-ring (bicyclic) bond motifs is 1. The fraction of sp³-hybridized carbons (Fsp3) is 0.167. The summed E-state index contributed by atoms with van der Waals surface area (Å²) in [7, 11) is 1.92. The van der Waals surface area contributed by atoms with Crippen molar-refractivity contribution >= 4 is 34.9 Å². The van der Waals surface area contributed by atoms with Crippen LogP contribution in [0.25, 0.3) is 22.2 Å². The summed E-state index contributed by atoms with van der Waals surface area (Å²) in [5.74, 6) is 0. The van der Waals surface area contributed by atoms with Gasteiger partial charge in [-0.1, -0.05) is 48.0 Å². The summed E-state index contributed by atoms with van der Waals surface area (Å²) < 4.78 is 1.97. The quantitative estimate of drug-likeness (QED) is 0.750. The van der Waals surface area contributed by atoms with E-state index in [4.69, 9.17) is 17.3 Å². The Balaban J connectivity index is 0.00000192. The molecule has 0 spiro atoms. The lowest BCUT2D eigenvalue weighted by molar-refractivity contribution is 0.793. The van der Waals surface area contributed by atoms with Crippen molar-refractivity contribution in [3.63, 3.8) is 0 Å². The molecular formula is C18H18Cl2N2O. The molecule has 3 rings (SSSR count). The number of aromatic nitrogens is 1. The number of halogens is 2. The maximum atomic E-state index is 12.9. The molecule has 23 heavy (non-hydrogen) atoms. The summed E-state index contributed by atoms with van der Waals surface area (Å²) in [4.78, 5) is 12.9. The normalized spacial score (nSPS) is 12.0. The van der Waals surface area contributed by atoms with Crippen LogP contribution in [0, 0.1) is 0 Å². The number of benzene rings is 2. The van der Waals surface area contributed by atoms with E-state index < -0.39 is 0 Å². The smallest absolute Gasteiger partial charge is 0.194 e. The first-order valence-corrected chi connectivity index (χ1v) is 7.52. The third kappa shape index (κ3) is 2.88. The van der Waals surface area contributed by atoms with E-state index in [0.717, 1.165) is 16.8 Å². The van der Waals surface area contributed by atoms with Crippen LogP contribution in [-0.4, -0.2) is 4.57 Å². The number of nitrogens with two attached hydrogens (primary N) is 1. The van der Waals surface area contributed by atoms with Crippen LogP contribution < -0.4 is 11.2 Å². The van der Waals surface area contributed by atoms with Crippen molar-refractivity contribution in [3.8, 4) is 11.3 Å². The predicted octanol–water partition coefficient (Wildman–Crippen LogP) is 4.30. The van der Waals surface area contributed by atoms with Crippen LogP contribution in [0.4, 0.5) is 0 Å². The van der Waals surface area contributed by atoms with Gasteiger partial charge in [-0.25, -0.2) is 0 Å². The van der Waals surface area contributed by atoms with E-state index in [0.29, 0.717) is 16.0 Å². The molecule has 0 bridgehead atoms. The lowest BCUT2D eigenvalue weighted by atomic mass is 9.97. The maximum absolute atomic E-state index is 12.9. The molecule has 0 aliphatic carbocycles.